The molecule has 0 aliphatic rings. The third kappa shape index (κ3) is 5.97. The summed E-state index contributed by atoms with van der Waals surface area (Å²) in [6.45, 7) is 9.10. The van der Waals surface area contributed by atoms with Crippen molar-refractivity contribution in [2.45, 2.75) is 33.7 Å². The lowest BCUT2D eigenvalue weighted by atomic mass is 9.93. The lowest BCUT2D eigenvalue weighted by molar-refractivity contribution is 0.413. The van der Waals surface area contributed by atoms with Gasteiger partial charge in [-0.3, -0.25) is 0 Å². The van der Waals surface area contributed by atoms with Gasteiger partial charge >= 0.3 is 0 Å². The van der Waals surface area contributed by atoms with Gasteiger partial charge in [-0.1, -0.05) is 119 Å². The standard InChI is InChI=1S/C29H33N/c1-22(2)29(23(3)4)30-27-20-18-24(19-21-27)12-11-17-28(25-13-7-5-8-14-25)26-15-9-6-10-16-26/h5-23,29-30H,1-4H3. The Balaban J connectivity index is 1.77. The van der Waals surface area contributed by atoms with E-state index in [0.29, 0.717) is 17.9 Å². The molecule has 3 aromatic carbocycles. The lowest BCUT2D eigenvalue weighted by Gasteiger charge is -2.27. The third-order valence-corrected chi connectivity index (χ3v) is 5.40. The summed E-state index contributed by atoms with van der Waals surface area (Å²) >= 11 is 0. The molecule has 0 aromatic heterocycles. The van der Waals surface area contributed by atoms with E-state index in [1.807, 2.05) is 0 Å². The maximum absolute atomic E-state index is 3.69. The minimum Gasteiger partial charge on any atom is -0.382 e. The first-order chi connectivity index (χ1) is 14.5. The third-order valence-electron chi connectivity index (χ3n) is 5.40. The molecule has 0 spiro atoms. The second-order valence-electron chi connectivity index (χ2n) is 8.45. The van der Waals surface area contributed by atoms with Crippen LogP contribution in [0.25, 0.3) is 11.6 Å². The Labute approximate surface area is 182 Å². The van der Waals surface area contributed by atoms with Gasteiger partial charge in [-0.15, -0.1) is 0 Å². The number of benzene rings is 3. The van der Waals surface area contributed by atoms with Gasteiger partial charge < -0.3 is 5.32 Å². The zero-order chi connectivity index (χ0) is 21.3. The first-order valence-electron chi connectivity index (χ1n) is 10.9. The summed E-state index contributed by atoms with van der Waals surface area (Å²) in [6, 6.07) is 30.3. The normalized spacial score (nSPS) is 11.4. The van der Waals surface area contributed by atoms with Crippen molar-refractivity contribution in [3.8, 4) is 0 Å². The Morgan fingerprint density at radius 2 is 1.17 bits per heavy atom. The van der Waals surface area contributed by atoms with Crippen LogP contribution in [0.1, 0.15) is 44.4 Å². The summed E-state index contributed by atoms with van der Waals surface area (Å²) in [6.07, 6.45) is 6.51. The minimum atomic E-state index is 0.480. The van der Waals surface area contributed by atoms with Crippen LogP contribution in [0, 0.1) is 11.8 Å². The van der Waals surface area contributed by atoms with Gasteiger partial charge in [-0.05, 0) is 46.2 Å². The number of anilines is 1. The van der Waals surface area contributed by atoms with Crippen LogP contribution in [0.15, 0.2) is 97.1 Å². The zero-order valence-electron chi connectivity index (χ0n) is 18.5. The van der Waals surface area contributed by atoms with Gasteiger partial charge in [-0.25, -0.2) is 0 Å². The van der Waals surface area contributed by atoms with Crippen molar-refractivity contribution in [2.75, 3.05) is 5.32 Å². The van der Waals surface area contributed by atoms with E-state index in [4.69, 9.17) is 0 Å². The molecule has 0 aliphatic heterocycles. The molecule has 3 rings (SSSR count). The molecule has 0 fully saturated rings. The topological polar surface area (TPSA) is 12.0 Å². The van der Waals surface area contributed by atoms with E-state index >= 15 is 0 Å². The van der Waals surface area contributed by atoms with Gasteiger partial charge in [0.2, 0.25) is 0 Å². The Bertz CT molecular complexity index is 899. The predicted molar refractivity (Wildman–Crippen MR) is 133 cm³/mol. The zero-order valence-corrected chi connectivity index (χ0v) is 18.5. The van der Waals surface area contributed by atoms with Crippen molar-refractivity contribution in [1.82, 2.24) is 0 Å². The molecule has 0 radical (unpaired) electrons. The average Bonchev–Trinajstić information content (AvgIpc) is 2.77. The van der Waals surface area contributed by atoms with E-state index in [1.165, 1.54) is 28.0 Å². The van der Waals surface area contributed by atoms with Crippen LogP contribution >= 0.6 is 0 Å². The Morgan fingerprint density at radius 1 is 0.667 bits per heavy atom. The molecule has 1 N–H and O–H groups in total. The fraction of sp³-hybridized carbons (Fsp3) is 0.241. The molecular formula is C29H33N. The number of hydrogen-bond acceptors (Lipinski definition) is 1. The number of nitrogens with one attached hydrogen (secondary N) is 1. The van der Waals surface area contributed by atoms with Crippen molar-refractivity contribution in [2.24, 2.45) is 11.8 Å². The maximum atomic E-state index is 3.69. The number of rotatable bonds is 8. The van der Waals surface area contributed by atoms with Gasteiger partial charge in [-0.2, -0.15) is 0 Å². The molecule has 154 valence electrons. The van der Waals surface area contributed by atoms with Crippen LogP contribution in [-0.2, 0) is 0 Å². The summed E-state index contributed by atoms with van der Waals surface area (Å²) in [4.78, 5) is 0. The molecular weight excluding hydrogens is 362 g/mol. The maximum Gasteiger partial charge on any atom is 0.0342 e. The number of allylic oxidation sites excluding steroid dienone is 2. The van der Waals surface area contributed by atoms with Gasteiger partial charge in [0, 0.05) is 11.7 Å². The van der Waals surface area contributed by atoms with Gasteiger partial charge in [0.15, 0.2) is 0 Å². The predicted octanol–water partition coefficient (Wildman–Crippen LogP) is 7.92. The Hall–Kier alpha value is -3.06. The van der Waals surface area contributed by atoms with Crippen molar-refractivity contribution in [3.05, 3.63) is 114 Å². The average molecular weight is 396 g/mol. The largest absolute Gasteiger partial charge is 0.382 e. The summed E-state index contributed by atoms with van der Waals surface area (Å²) in [5.41, 5.74) is 6.05. The molecule has 0 bridgehead atoms. The second-order valence-corrected chi connectivity index (χ2v) is 8.45. The van der Waals surface area contributed by atoms with E-state index in [-0.39, 0.29) is 0 Å². The molecule has 0 amide bonds. The van der Waals surface area contributed by atoms with Gasteiger partial charge in [0.25, 0.3) is 0 Å². The van der Waals surface area contributed by atoms with Crippen molar-refractivity contribution in [1.29, 1.82) is 0 Å². The van der Waals surface area contributed by atoms with E-state index in [1.54, 1.807) is 0 Å². The Morgan fingerprint density at radius 3 is 1.63 bits per heavy atom. The summed E-state index contributed by atoms with van der Waals surface area (Å²) in [5, 5.41) is 3.69. The summed E-state index contributed by atoms with van der Waals surface area (Å²) in [7, 11) is 0. The highest BCUT2D eigenvalue weighted by Gasteiger charge is 2.16. The van der Waals surface area contributed by atoms with Gasteiger partial charge in [0.1, 0.15) is 0 Å². The molecule has 0 heterocycles. The highest BCUT2D eigenvalue weighted by atomic mass is 14.9. The molecule has 1 nitrogen and oxygen atoms in total. The van der Waals surface area contributed by atoms with Crippen LogP contribution in [-0.4, -0.2) is 6.04 Å². The van der Waals surface area contributed by atoms with Crippen molar-refractivity contribution in [3.63, 3.8) is 0 Å². The molecule has 30 heavy (non-hydrogen) atoms. The Kier molecular flexibility index (Phi) is 7.68. The van der Waals surface area contributed by atoms with Crippen LogP contribution in [0.4, 0.5) is 5.69 Å². The summed E-state index contributed by atoms with van der Waals surface area (Å²) < 4.78 is 0. The van der Waals surface area contributed by atoms with Crippen LogP contribution in [0.3, 0.4) is 0 Å². The molecule has 0 saturated carbocycles. The smallest absolute Gasteiger partial charge is 0.0342 e. The van der Waals surface area contributed by atoms with Crippen LogP contribution in [0.2, 0.25) is 0 Å². The first kappa shape index (κ1) is 21.6. The van der Waals surface area contributed by atoms with Crippen molar-refractivity contribution >= 4 is 17.3 Å². The number of hydrogen-bond donors (Lipinski definition) is 1. The molecule has 0 aliphatic carbocycles. The van der Waals surface area contributed by atoms with Crippen LogP contribution < -0.4 is 5.32 Å². The van der Waals surface area contributed by atoms with Crippen molar-refractivity contribution < 1.29 is 0 Å². The molecule has 0 unspecified atom stereocenters. The molecule has 3 aromatic rings. The van der Waals surface area contributed by atoms with E-state index in [0.717, 1.165) is 0 Å². The van der Waals surface area contributed by atoms with E-state index in [2.05, 4.69) is 136 Å². The molecule has 0 atom stereocenters. The second kappa shape index (κ2) is 10.6. The van der Waals surface area contributed by atoms with E-state index in [9.17, 15) is 0 Å². The fourth-order valence-corrected chi connectivity index (χ4v) is 3.84. The fourth-order valence-electron chi connectivity index (χ4n) is 3.84. The van der Waals surface area contributed by atoms with Gasteiger partial charge in [0.05, 0.1) is 0 Å². The van der Waals surface area contributed by atoms with E-state index < -0.39 is 0 Å². The first-order valence-corrected chi connectivity index (χ1v) is 10.9. The monoisotopic (exact) mass is 395 g/mol. The van der Waals surface area contributed by atoms with Crippen LogP contribution in [0.5, 0.6) is 0 Å². The summed E-state index contributed by atoms with van der Waals surface area (Å²) in [5.74, 6) is 1.20. The highest BCUT2D eigenvalue weighted by molar-refractivity contribution is 5.81. The highest BCUT2D eigenvalue weighted by Crippen LogP contribution is 2.24. The SMILES string of the molecule is CC(C)C(Nc1ccc(C=CC=C(c2ccccc2)c2ccccc2)cc1)C(C)C. The molecule has 0 saturated heterocycles. The molecule has 1 heteroatoms. The minimum absolute atomic E-state index is 0.480. The quantitative estimate of drug-likeness (QED) is 0.382. The lowest BCUT2D eigenvalue weighted by Crippen LogP contribution is -2.30.